The molecule has 2 rings (SSSR count). The number of benzene rings is 1. The van der Waals surface area contributed by atoms with Gasteiger partial charge < -0.3 is 10.6 Å². The fraction of sp³-hybridized carbons (Fsp3) is 0.647. The summed E-state index contributed by atoms with van der Waals surface area (Å²) in [6.07, 6.45) is 4.10. The van der Waals surface area contributed by atoms with Gasteiger partial charge in [0.15, 0.2) is 0 Å². The summed E-state index contributed by atoms with van der Waals surface area (Å²) < 4.78 is 0. The third kappa shape index (κ3) is 4.63. The normalized spacial score (nSPS) is 18.5. The summed E-state index contributed by atoms with van der Waals surface area (Å²) in [5.74, 6) is 1.47. The van der Waals surface area contributed by atoms with Gasteiger partial charge >= 0.3 is 0 Å². The van der Waals surface area contributed by atoms with Crippen molar-refractivity contribution in [2.45, 2.75) is 39.2 Å². The van der Waals surface area contributed by atoms with Crippen molar-refractivity contribution >= 4 is 0 Å². The molecule has 2 heteroatoms. The van der Waals surface area contributed by atoms with Crippen molar-refractivity contribution in [3.05, 3.63) is 35.9 Å². The molecule has 19 heavy (non-hydrogen) atoms. The lowest BCUT2D eigenvalue weighted by atomic mass is 9.95. The first-order chi connectivity index (χ1) is 9.20. The average Bonchev–Trinajstić information content (AvgIpc) is 3.23. The molecule has 0 saturated heterocycles. The molecule has 1 fully saturated rings. The first kappa shape index (κ1) is 14.5. The summed E-state index contributed by atoms with van der Waals surface area (Å²) in [7, 11) is 0. The second kappa shape index (κ2) is 7.06. The Balaban J connectivity index is 1.88. The minimum absolute atomic E-state index is 0.153. The molecule has 1 saturated carbocycles. The zero-order chi connectivity index (χ0) is 13.7. The summed E-state index contributed by atoms with van der Waals surface area (Å²) in [4.78, 5) is 2.62. The van der Waals surface area contributed by atoms with Crippen molar-refractivity contribution in [2.75, 3.05) is 19.6 Å². The minimum atomic E-state index is 0.153. The lowest BCUT2D eigenvalue weighted by molar-refractivity contribution is 0.214. The second-order valence-electron chi connectivity index (χ2n) is 6.12. The molecule has 2 N–H and O–H groups in total. The molecule has 106 valence electrons. The Morgan fingerprint density at radius 2 is 1.95 bits per heavy atom. The molecular weight excluding hydrogens is 232 g/mol. The Bertz CT molecular complexity index is 359. The molecule has 1 aliphatic rings. The number of nitrogens with two attached hydrogens (primary N) is 1. The summed E-state index contributed by atoms with van der Waals surface area (Å²) in [6, 6.07) is 10.7. The van der Waals surface area contributed by atoms with Crippen LogP contribution in [0.5, 0.6) is 0 Å². The summed E-state index contributed by atoms with van der Waals surface area (Å²) in [6.45, 7) is 8.16. The molecule has 0 amide bonds. The molecule has 0 spiro atoms. The van der Waals surface area contributed by atoms with E-state index in [2.05, 4.69) is 49.1 Å². The van der Waals surface area contributed by atoms with Crippen LogP contribution in [0.4, 0.5) is 0 Å². The van der Waals surface area contributed by atoms with Crippen LogP contribution in [0.15, 0.2) is 30.3 Å². The number of nitrogens with zero attached hydrogens (tertiary/aromatic N) is 1. The van der Waals surface area contributed by atoms with Crippen LogP contribution < -0.4 is 5.73 Å². The van der Waals surface area contributed by atoms with Gasteiger partial charge in [0.1, 0.15) is 0 Å². The molecule has 0 radical (unpaired) electrons. The van der Waals surface area contributed by atoms with Crippen LogP contribution in [0.2, 0.25) is 0 Å². The van der Waals surface area contributed by atoms with E-state index in [4.69, 9.17) is 5.73 Å². The van der Waals surface area contributed by atoms with Gasteiger partial charge in [-0.25, -0.2) is 0 Å². The molecule has 2 unspecified atom stereocenters. The third-order valence-electron chi connectivity index (χ3n) is 4.10. The van der Waals surface area contributed by atoms with Gasteiger partial charge in [-0.2, -0.15) is 0 Å². The van der Waals surface area contributed by atoms with Crippen LogP contribution in [0.1, 0.15) is 44.7 Å². The largest absolute Gasteiger partial charge is 0.324 e. The van der Waals surface area contributed by atoms with Crippen LogP contribution in [0.25, 0.3) is 0 Å². The topological polar surface area (TPSA) is 29.3 Å². The zero-order valence-corrected chi connectivity index (χ0v) is 12.4. The van der Waals surface area contributed by atoms with Crippen molar-refractivity contribution in [3.63, 3.8) is 0 Å². The molecule has 0 bridgehead atoms. The van der Waals surface area contributed by atoms with Crippen molar-refractivity contribution in [1.82, 2.24) is 4.90 Å². The van der Waals surface area contributed by atoms with Crippen LogP contribution in [0.3, 0.4) is 0 Å². The van der Waals surface area contributed by atoms with E-state index in [-0.39, 0.29) is 6.04 Å². The Labute approximate surface area is 118 Å². The minimum Gasteiger partial charge on any atom is -0.324 e. The molecule has 0 aliphatic heterocycles. The van der Waals surface area contributed by atoms with Crippen molar-refractivity contribution < 1.29 is 0 Å². The maximum atomic E-state index is 6.40. The summed E-state index contributed by atoms with van der Waals surface area (Å²) >= 11 is 0. The van der Waals surface area contributed by atoms with E-state index in [1.54, 1.807) is 0 Å². The first-order valence-corrected chi connectivity index (χ1v) is 7.73. The smallest absolute Gasteiger partial charge is 0.0333 e. The van der Waals surface area contributed by atoms with Crippen molar-refractivity contribution in [1.29, 1.82) is 0 Å². The van der Waals surface area contributed by atoms with Gasteiger partial charge in [0.05, 0.1) is 0 Å². The van der Waals surface area contributed by atoms with Gasteiger partial charge in [-0.05, 0) is 43.2 Å². The predicted octanol–water partition coefficient (Wildman–Crippen LogP) is 3.44. The van der Waals surface area contributed by atoms with Gasteiger partial charge in [0, 0.05) is 19.1 Å². The van der Waals surface area contributed by atoms with Crippen molar-refractivity contribution in [3.8, 4) is 0 Å². The highest BCUT2D eigenvalue weighted by Gasteiger charge is 2.25. The van der Waals surface area contributed by atoms with E-state index >= 15 is 0 Å². The Morgan fingerprint density at radius 1 is 1.26 bits per heavy atom. The summed E-state index contributed by atoms with van der Waals surface area (Å²) in [5, 5.41) is 0. The van der Waals surface area contributed by atoms with E-state index in [1.165, 1.54) is 37.9 Å². The predicted molar refractivity (Wildman–Crippen MR) is 82.0 cm³/mol. The van der Waals surface area contributed by atoms with Gasteiger partial charge in [0.2, 0.25) is 0 Å². The van der Waals surface area contributed by atoms with E-state index < -0.39 is 0 Å². The second-order valence-corrected chi connectivity index (χ2v) is 6.12. The van der Waals surface area contributed by atoms with E-state index in [0.717, 1.165) is 12.5 Å². The molecule has 1 aliphatic carbocycles. The van der Waals surface area contributed by atoms with Gasteiger partial charge in [-0.15, -0.1) is 0 Å². The fourth-order valence-corrected chi connectivity index (χ4v) is 2.76. The van der Waals surface area contributed by atoms with Crippen LogP contribution >= 0.6 is 0 Å². The van der Waals surface area contributed by atoms with Gasteiger partial charge in [-0.3, -0.25) is 0 Å². The molecule has 0 heterocycles. The zero-order valence-electron chi connectivity index (χ0n) is 12.4. The lowest BCUT2D eigenvalue weighted by Crippen LogP contribution is -2.35. The maximum Gasteiger partial charge on any atom is 0.0333 e. The van der Waals surface area contributed by atoms with Gasteiger partial charge in [-0.1, -0.05) is 44.2 Å². The molecule has 0 aromatic heterocycles. The maximum absolute atomic E-state index is 6.40. The first-order valence-electron chi connectivity index (χ1n) is 7.73. The van der Waals surface area contributed by atoms with Crippen LogP contribution in [0, 0.1) is 11.8 Å². The Hall–Kier alpha value is -0.860. The van der Waals surface area contributed by atoms with Crippen LogP contribution in [-0.4, -0.2) is 24.5 Å². The van der Waals surface area contributed by atoms with E-state index in [0.29, 0.717) is 5.92 Å². The molecule has 1 aromatic carbocycles. The quantitative estimate of drug-likeness (QED) is 0.776. The third-order valence-corrected chi connectivity index (χ3v) is 4.10. The van der Waals surface area contributed by atoms with E-state index in [9.17, 15) is 0 Å². The van der Waals surface area contributed by atoms with E-state index in [1.807, 2.05) is 0 Å². The molecule has 2 atom stereocenters. The fourth-order valence-electron chi connectivity index (χ4n) is 2.76. The highest BCUT2D eigenvalue weighted by Crippen LogP contribution is 2.30. The van der Waals surface area contributed by atoms with Crippen LogP contribution in [-0.2, 0) is 0 Å². The van der Waals surface area contributed by atoms with Crippen molar-refractivity contribution in [2.24, 2.45) is 17.6 Å². The number of hydrogen-bond donors (Lipinski definition) is 1. The average molecular weight is 260 g/mol. The molecule has 2 nitrogen and oxygen atoms in total. The highest BCUT2D eigenvalue weighted by molar-refractivity contribution is 5.19. The lowest BCUT2D eigenvalue weighted by Gasteiger charge is -2.28. The molecular formula is C17H28N2. The number of rotatable bonds is 8. The number of hydrogen-bond acceptors (Lipinski definition) is 2. The van der Waals surface area contributed by atoms with Gasteiger partial charge in [0.25, 0.3) is 0 Å². The SMILES string of the molecule is CCCN(CC1CC1)CC(C)C(N)c1ccccc1. The monoisotopic (exact) mass is 260 g/mol. The standard InChI is InChI=1S/C17H28N2/c1-3-11-19(13-15-9-10-15)12-14(2)17(18)16-7-5-4-6-8-16/h4-8,14-15,17H,3,9-13,18H2,1-2H3. The Kier molecular flexibility index (Phi) is 5.41. The Morgan fingerprint density at radius 3 is 2.53 bits per heavy atom. The highest BCUT2D eigenvalue weighted by atomic mass is 15.1. The molecule has 1 aromatic rings. The summed E-state index contributed by atoms with van der Waals surface area (Å²) in [5.41, 5.74) is 7.66.